The largest absolute Gasteiger partial charge is 0.482 e. The van der Waals surface area contributed by atoms with Crippen molar-refractivity contribution < 1.29 is 9.53 Å². The lowest BCUT2D eigenvalue weighted by Crippen LogP contribution is -2.31. The third-order valence-electron chi connectivity index (χ3n) is 2.82. The molecule has 0 aliphatic rings. The van der Waals surface area contributed by atoms with E-state index >= 15 is 0 Å². The molecule has 104 valence electrons. The van der Waals surface area contributed by atoms with Gasteiger partial charge in [-0.2, -0.15) is 0 Å². The van der Waals surface area contributed by atoms with Crippen molar-refractivity contribution in [1.82, 2.24) is 15.3 Å². The third kappa shape index (κ3) is 4.05. The van der Waals surface area contributed by atoms with Crippen LogP contribution >= 0.6 is 0 Å². The SMILES string of the molecule is Cc1ccc(C(C)NC(=O)COc2cccnc2)cn1. The fourth-order valence-corrected chi connectivity index (χ4v) is 1.68. The van der Waals surface area contributed by atoms with Crippen molar-refractivity contribution in [3.8, 4) is 5.75 Å². The third-order valence-corrected chi connectivity index (χ3v) is 2.82. The van der Waals surface area contributed by atoms with E-state index in [2.05, 4.69) is 15.3 Å². The zero-order valence-electron chi connectivity index (χ0n) is 11.5. The van der Waals surface area contributed by atoms with Crippen LogP contribution < -0.4 is 10.1 Å². The minimum Gasteiger partial charge on any atom is -0.482 e. The number of aryl methyl sites for hydroxylation is 1. The molecule has 20 heavy (non-hydrogen) atoms. The number of nitrogens with zero attached hydrogens (tertiary/aromatic N) is 2. The number of pyridine rings is 2. The molecule has 1 atom stereocenters. The van der Waals surface area contributed by atoms with Crippen LogP contribution in [0.3, 0.4) is 0 Å². The van der Waals surface area contributed by atoms with E-state index < -0.39 is 0 Å². The molecule has 2 rings (SSSR count). The van der Waals surface area contributed by atoms with Crippen molar-refractivity contribution in [2.45, 2.75) is 19.9 Å². The van der Waals surface area contributed by atoms with Crippen LogP contribution in [0.2, 0.25) is 0 Å². The molecule has 1 amide bonds. The predicted octanol–water partition coefficient (Wildman–Crippen LogP) is 2.04. The first-order valence-corrected chi connectivity index (χ1v) is 6.40. The molecule has 0 aromatic carbocycles. The average molecular weight is 271 g/mol. The minimum absolute atomic E-state index is 0.0324. The first-order valence-electron chi connectivity index (χ1n) is 6.40. The zero-order chi connectivity index (χ0) is 14.4. The molecule has 5 nitrogen and oxygen atoms in total. The van der Waals surface area contributed by atoms with Crippen molar-refractivity contribution in [3.63, 3.8) is 0 Å². The van der Waals surface area contributed by atoms with Gasteiger partial charge in [0.25, 0.3) is 5.91 Å². The van der Waals surface area contributed by atoms with Crippen LogP contribution in [-0.4, -0.2) is 22.5 Å². The van der Waals surface area contributed by atoms with Gasteiger partial charge in [0, 0.05) is 18.1 Å². The van der Waals surface area contributed by atoms with Crippen molar-refractivity contribution in [2.75, 3.05) is 6.61 Å². The summed E-state index contributed by atoms with van der Waals surface area (Å²) in [7, 11) is 0. The van der Waals surface area contributed by atoms with Gasteiger partial charge in [-0.1, -0.05) is 6.07 Å². The van der Waals surface area contributed by atoms with Gasteiger partial charge in [-0.25, -0.2) is 0 Å². The van der Waals surface area contributed by atoms with E-state index in [9.17, 15) is 4.79 Å². The Labute approximate surface area is 118 Å². The highest BCUT2D eigenvalue weighted by Crippen LogP contribution is 2.11. The number of nitrogens with one attached hydrogen (secondary N) is 1. The van der Waals surface area contributed by atoms with Crippen LogP contribution in [0, 0.1) is 6.92 Å². The molecule has 2 aromatic rings. The fraction of sp³-hybridized carbons (Fsp3) is 0.267. The number of hydrogen-bond donors (Lipinski definition) is 1. The summed E-state index contributed by atoms with van der Waals surface area (Å²) < 4.78 is 5.33. The van der Waals surface area contributed by atoms with E-state index in [1.165, 1.54) is 0 Å². The highest BCUT2D eigenvalue weighted by molar-refractivity contribution is 5.77. The Morgan fingerprint density at radius 1 is 1.35 bits per heavy atom. The minimum atomic E-state index is -0.179. The molecule has 0 aliphatic heterocycles. The van der Waals surface area contributed by atoms with E-state index in [0.29, 0.717) is 5.75 Å². The van der Waals surface area contributed by atoms with Gasteiger partial charge >= 0.3 is 0 Å². The highest BCUT2D eigenvalue weighted by Gasteiger charge is 2.10. The summed E-state index contributed by atoms with van der Waals surface area (Å²) in [5.41, 5.74) is 1.91. The molecule has 1 unspecified atom stereocenters. The van der Waals surface area contributed by atoms with E-state index in [1.807, 2.05) is 26.0 Å². The summed E-state index contributed by atoms with van der Waals surface area (Å²) in [6.07, 6.45) is 4.99. The fourth-order valence-electron chi connectivity index (χ4n) is 1.68. The second-order valence-electron chi connectivity index (χ2n) is 4.50. The van der Waals surface area contributed by atoms with Crippen LogP contribution in [0.4, 0.5) is 0 Å². The van der Waals surface area contributed by atoms with E-state index in [-0.39, 0.29) is 18.6 Å². The lowest BCUT2D eigenvalue weighted by atomic mass is 10.1. The smallest absolute Gasteiger partial charge is 0.258 e. The van der Waals surface area contributed by atoms with Crippen LogP contribution in [0.5, 0.6) is 5.75 Å². The Kier molecular flexibility index (Phi) is 4.65. The molecule has 0 saturated carbocycles. The van der Waals surface area contributed by atoms with Crippen LogP contribution in [0.15, 0.2) is 42.9 Å². The van der Waals surface area contributed by atoms with E-state index in [1.54, 1.807) is 30.7 Å². The lowest BCUT2D eigenvalue weighted by Gasteiger charge is -2.14. The molecule has 0 radical (unpaired) electrons. The number of carbonyl (C=O) groups excluding carboxylic acids is 1. The number of carbonyl (C=O) groups is 1. The van der Waals surface area contributed by atoms with Crippen molar-refractivity contribution >= 4 is 5.91 Å². The first-order chi connectivity index (χ1) is 9.65. The molecule has 0 saturated heterocycles. The zero-order valence-corrected chi connectivity index (χ0v) is 11.5. The Morgan fingerprint density at radius 3 is 2.85 bits per heavy atom. The van der Waals surface area contributed by atoms with Crippen LogP contribution in [0.25, 0.3) is 0 Å². The average Bonchev–Trinajstić information content (AvgIpc) is 2.47. The first kappa shape index (κ1) is 14.0. The summed E-state index contributed by atoms with van der Waals surface area (Å²) in [4.78, 5) is 19.9. The molecule has 2 aromatic heterocycles. The second kappa shape index (κ2) is 6.65. The molecule has 1 N–H and O–H groups in total. The second-order valence-corrected chi connectivity index (χ2v) is 4.50. The summed E-state index contributed by atoms with van der Waals surface area (Å²) in [6.45, 7) is 3.80. The maximum absolute atomic E-state index is 11.8. The Bertz CT molecular complexity index is 555. The Hall–Kier alpha value is -2.43. The van der Waals surface area contributed by atoms with E-state index in [0.717, 1.165) is 11.3 Å². The number of rotatable bonds is 5. The Balaban J connectivity index is 1.83. The normalized spacial score (nSPS) is 11.7. The standard InChI is InChI=1S/C15H17N3O2/c1-11-5-6-13(8-17-11)12(2)18-15(19)10-20-14-4-3-7-16-9-14/h3-9,12H,10H2,1-2H3,(H,18,19). The van der Waals surface area contributed by atoms with Crippen molar-refractivity contribution in [1.29, 1.82) is 0 Å². The maximum Gasteiger partial charge on any atom is 0.258 e. The van der Waals surface area contributed by atoms with Crippen molar-refractivity contribution in [3.05, 3.63) is 54.1 Å². The summed E-state index contributed by atoms with van der Waals surface area (Å²) in [5.74, 6) is 0.397. The highest BCUT2D eigenvalue weighted by atomic mass is 16.5. The molecule has 0 fully saturated rings. The molecule has 5 heteroatoms. The maximum atomic E-state index is 11.8. The van der Waals surface area contributed by atoms with Gasteiger partial charge in [0.2, 0.25) is 0 Å². The molecule has 0 aliphatic carbocycles. The van der Waals surface area contributed by atoms with Gasteiger partial charge in [0.1, 0.15) is 5.75 Å². The predicted molar refractivity (Wildman–Crippen MR) is 75.3 cm³/mol. The number of amides is 1. The molecular weight excluding hydrogens is 254 g/mol. The van der Waals surface area contributed by atoms with Gasteiger partial charge in [-0.05, 0) is 37.6 Å². The summed E-state index contributed by atoms with van der Waals surface area (Å²) >= 11 is 0. The van der Waals surface area contributed by atoms with Gasteiger partial charge < -0.3 is 10.1 Å². The quantitative estimate of drug-likeness (QED) is 0.904. The molecule has 0 spiro atoms. The summed E-state index contributed by atoms with van der Waals surface area (Å²) in [5, 5.41) is 2.86. The molecule has 2 heterocycles. The van der Waals surface area contributed by atoms with E-state index in [4.69, 9.17) is 4.74 Å². The van der Waals surface area contributed by atoms with Crippen molar-refractivity contribution in [2.24, 2.45) is 0 Å². The van der Waals surface area contributed by atoms with Crippen LogP contribution in [-0.2, 0) is 4.79 Å². The monoisotopic (exact) mass is 271 g/mol. The Morgan fingerprint density at radius 2 is 2.20 bits per heavy atom. The van der Waals surface area contributed by atoms with Gasteiger partial charge in [-0.3, -0.25) is 14.8 Å². The topological polar surface area (TPSA) is 64.1 Å². The number of ether oxygens (including phenoxy) is 1. The number of aromatic nitrogens is 2. The van der Waals surface area contributed by atoms with Gasteiger partial charge in [0.15, 0.2) is 6.61 Å². The lowest BCUT2D eigenvalue weighted by molar-refractivity contribution is -0.123. The number of hydrogen-bond acceptors (Lipinski definition) is 4. The van der Waals surface area contributed by atoms with Crippen LogP contribution in [0.1, 0.15) is 24.2 Å². The molecular formula is C15H17N3O2. The van der Waals surface area contributed by atoms with Gasteiger partial charge in [0.05, 0.1) is 12.2 Å². The summed E-state index contributed by atoms with van der Waals surface area (Å²) in [6, 6.07) is 7.29. The van der Waals surface area contributed by atoms with Gasteiger partial charge in [-0.15, -0.1) is 0 Å². The molecule has 0 bridgehead atoms.